The average molecular weight is 278 g/mol. The summed E-state index contributed by atoms with van der Waals surface area (Å²) < 4.78 is 4.97. The minimum atomic E-state index is -0.225. The number of oxime groups is 1. The molecule has 0 heterocycles. The number of benzene rings is 1. The highest BCUT2D eigenvalue weighted by atomic mass is 16.6. The Labute approximate surface area is 120 Å². The van der Waals surface area contributed by atoms with E-state index in [1.165, 1.54) is 14.2 Å². The number of hydrogen-bond donors (Lipinski definition) is 0. The van der Waals surface area contributed by atoms with Gasteiger partial charge in [-0.25, -0.2) is 0 Å². The maximum atomic E-state index is 12.4. The molecule has 0 spiro atoms. The first kappa shape index (κ1) is 16.2. The molecule has 110 valence electrons. The predicted octanol–water partition coefficient (Wildman–Crippen LogP) is 2.30. The lowest BCUT2D eigenvalue weighted by Gasteiger charge is -2.29. The SMILES string of the molecule is COCC(=O)N(c1c(C)cccc1C)C(C)/C=N/OC. The van der Waals surface area contributed by atoms with Crippen LogP contribution in [0.15, 0.2) is 23.4 Å². The van der Waals surface area contributed by atoms with Crippen molar-refractivity contribution < 1.29 is 14.4 Å². The van der Waals surface area contributed by atoms with Crippen LogP contribution in [-0.2, 0) is 14.4 Å². The van der Waals surface area contributed by atoms with E-state index in [1.54, 1.807) is 11.1 Å². The number of carbonyl (C=O) groups excluding carboxylic acids is 1. The van der Waals surface area contributed by atoms with Gasteiger partial charge in [0.25, 0.3) is 5.91 Å². The number of para-hydroxylation sites is 1. The number of methoxy groups -OCH3 is 1. The number of amides is 1. The highest BCUT2D eigenvalue weighted by Gasteiger charge is 2.23. The van der Waals surface area contributed by atoms with Crippen molar-refractivity contribution in [2.75, 3.05) is 25.7 Å². The molecule has 20 heavy (non-hydrogen) atoms. The van der Waals surface area contributed by atoms with Crippen molar-refractivity contribution in [3.8, 4) is 0 Å². The summed E-state index contributed by atoms with van der Waals surface area (Å²) in [7, 11) is 2.98. The zero-order valence-electron chi connectivity index (χ0n) is 12.7. The molecule has 0 aliphatic rings. The third-order valence-electron chi connectivity index (χ3n) is 3.01. The van der Waals surface area contributed by atoms with E-state index in [0.29, 0.717) is 0 Å². The molecule has 1 atom stereocenters. The summed E-state index contributed by atoms with van der Waals surface area (Å²) in [5.41, 5.74) is 2.96. The number of carbonyl (C=O) groups is 1. The fourth-order valence-electron chi connectivity index (χ4n) is 2.15. The third-order valence-corrected chi connectivity index (χ3v) is 3.01. The standard InChI is InChI=1S/C15H22N2O3/c1-11-7-6-8-12(2)15(11)17(14(18)10-19-4)13(3)9-16-20-5/h6-9,13H,10H2,1-5H3/b16-9+. The number of anilines is 1. The summed E-state index contributed by atoms with van der Waals surface area (Å²) in [5.74, 6) is -0.111. The Hall–Kier alpha value is -1.88. The molecular weight excluding hydrogens is 256 g/mol. The normalized spacial score (nSPS) is 12.4. The second-order valence-corrected chi connectivity index (χ2v) is 4.61. The van der Waals surface area contributed by atoms with Gasteiger partial charge in [-0.05, 0) is 31.9 Å². The van der Waals surface area contributed by atoms with Crippen LogP contribution < -0.4 is 4.90 Å². The lowest BCUT2D eigenvalue weighted by molar-refractivity contribution is -0.122. The van der Waals surface area contributed by atoms with Gasteiger partial charge in [-0.1, -0.05) is 23.4 Å². The molecule has 5 heteroatoms. The van der Waals surface area contributed by atoms with Crippen molar-refractivity contribution >= 4 is 17.8 Å². The van der Waals surface area contributed by atoms with Gasteiger partial charge in [-0.15, -0.1) is 0 Å². The molecule has 0 N–H and O–H groups in total. The molecule has 0 radical (unpaired) electrons. The average Bonchev–Trinajstić information content (AvgIpc) is 2.40. The van der Waals surface area contributed by atoms with Crippen LogP contribution in [0.25, 0.3) is 0 Å². The van der Waals surface area contributed by atoms with E-state index in [4.69, 9.17) is 9.57 Å². The van der Waals surface area contributed by atoms with Crippen molar-refractivity contribution in [2.24, 2.45) is 5.16 Å². The van der Waals surface area contributed by atoms with Crippen molar-refractivity contribution in [3.05, 3.63) is 29.3 Å². The lowest BCUT2D eigenvalue weighted by atomic mass is 10.1. The van der Waals surface area contributed by atoms with E-state index in [1.807, 2.05) is 39.0 Å². The smallest absolute Gasteiger partial charge is 0.253 e. The Balaban J connectivity index is 3.23. The zero-order valence-corrected chi connectivity index (χ0v) is 12.7. The first-order chi connectivity index (χ1) is 9.52. The molecule has 0 saturated heterocycles. The Morgan fingerprint density at radius 2 is 1.95 bits per heavy atom. The summed E-state index contributed by atoms with van der Waals surface area (Å²) in [6.45, 7) is 5.88. The maximum Gasteiger partial charge on any atom is 0.253 e. The number of hydrogen-bond acceptors (Lipinski definition) is 4. The summed E-state index contributed by atoms with van der Waals surface area (Å²) >= 11 is 0. The molecule has 1 unspecified atom stereocenters. The molecule has 0 aliphatic heterocycles. The fraction of sp³-hybridized carbons (Fsp3) is 0.467. The van der Waals surface area contributed by atoms with Gasteiger partial charge in [-0.2, -0.15) is 0 Å². The topological polar surface area (TPSA) is 51.1 Å². The summed E-state index contributed by atoms with van der Waals surface area (Å²) in [6.07, 6.45) is 1.60. The van der Waals surface area contributed by atoms with Crippen LogP contribution in [0.5, 0.6) is 0 Å². The summed E-state index contributed by atoms with van der Waals surface area (Å²) in [5, 5.41) is 3.76. The van der Waals surface area contributed by atoms with Crippen LogP contribution in [0, 0.1) is 13.8 Å². The first-order valence-electron chi connectivity index (χ1n) is 6.46. The van der Waals surface area contributed by atoms with Crippen LogP contribution in [0.1, 0.15) is 18.1 Å². The molecule has 5 nitrogen and oxygen atoms in total. The molecule has 1 amide bonds. The van der Waals surface area contributed by atoms with E-state index in [2.05, 4.69) is 5.16 Å². The van der Waals surface area contributed by atoms with E-state index >= 15 is 0 Å². The molecule has 0 fully saturated rings. The molecule has 0 aromatic heterocycles. The van der Waals surface area contributed by atoms with Crippen LogP contribution in [0.3, 0.4) is 0 Å². The van der Waals surface area contributed by atoms with Gasteiger partial charge in [-0.3, -0.25) is 4.79 Å². The van der Waals surface area contributed by atoms with Crippen molar-refractivity contribution in [1.82, 2.24) is 0 Å². The summed E-state index contributed by atoms with van der Waals surface area (Å²) in [6, 6.07) is 5.71. The quantitative estimate of drug-likeness (QED) is 0.592. The van der Waals surface area contributed by atoms with E-state index in [0.717, 1.165) is 16.8 Å². The van der Waals surface area contributed by atoms with E-state index in [-0.39, 0.29) is 18.6 Å². The van der Waals surface area contributed by atoms with Crippen LogP contribution in [0.2, 0.25) is 0 Å². The van der Waals surface area contributed by atoms with Gasteiger partial charge in [0, 0.05) is 7.11 Å². The number of nitrogens with zero attached hydrogens (tertiary/aromatic N) is 2. The monoisotopic (exact) mass is 278 g/mol. The Morgan fingerprint density at radius 1 is 1.35 bits per heavy atom. The number of ether oxygens (including phenoxy) is 1. The Morgan fingerprint density at radius 3 is 2.45 bits per heavy atom. The van der Waals surface area contributed by atoms with Gasteiger partial charge in [0.15, 0.2) is 0 Å². The minimum Gasteiger partial charge on any atom is -0.399 e. The van der Waals surface area contributed by atoms with Gasteiger partial charge in [0.2, 0.25) is 0 Å². The minimum absolute atomic E-state index is 0.0267. The predicted molar refractivity (Wildman–Crippen MR) is 80.2 cm³/mol. The van der Waals surface area contributed by atoms with Gasteiger partial charge < -0.3 is 14.5 Å². The molecule has 1 aromatic carbocycles. The second-order valence-electron chi connectivity index (χ2n) is 4.61. The van der Waals surface area contributed by atoms with E-state index < -0.39 is 0 Å². The highest BCUT2D eigenvalue weighted by molar-refractivity contribution is 5.99. The molecule has 1 aromatic rings. The van der Waals surface area contributed by atoms with E-state index in [9.17, 15) is 4.79 Å². The third kappa shape index (κ3) is 3.81. The van der Waals surface area contributed by atoms with Crippen molar-refractivity contribution in [3.63, 3.8) is 0 Å². The lowest BCUT2D eigenvalue weighted by Crippen LogP contribution is -2.42. The van der Waals surface area contributed by atoms with Gasteiger partial charge in [0.1, 0.15) is 13.7 Å². The number of aryl methyl sites for hydroxylation is 2. The maximum absolute atomic E-state index is 12.4. The van der Waals surface area contributed by atoms with Crippen LogP contribution in [-0.4, -0.2) is 39.0 Å². The molecule has 0 saturated carbocycles. The zero-order chi connectivity index (χ0) is 15.1. The van der Waals surface area contributed by atoms with Gasteiger partial charge >= 0.3 is 0 Å². The van der Waals surface area contributed by atoms with Gasteiger partial charge in [0.05, 0.1) is 17.9 Å². The molecule has 1 rings (SSSR count). The molecular formula is C15H22N2O3. The number of rotatable bonds is 6. The Kier molecular flexibility index (Phi) is 6.18. The molecule has 0 aliphatic carbocycles. The highest BCUT2D eigenvalue weighted by Crippen LogP contribution is 2.26. The van der Waals surface area contributed by atoms with Crippen LogP contribution >= 0.6 is 0 Å². The summed E-state index contributed by atoms with van der Waals surface area (Å²) in [4.78, 5) is 18.7. The first-order valence-corrected chi connectivity index (χ1v) is 6.46. The largest absolute Gasteiger partial charge is 0.399 e. The Bertz CT molecular complexity index is 466. The second kappa shape index (κ2) is 7.65. The van der Waals surface area contributed by atoms with Crippen molar-refractivity contribution in [1.29, 1.82) is 0 Å². The van der Waals surface area contributed by atoms with Crippen molar-refractivity contribution in [2.45, 2.75) is 26.8 Å². The van der Waals surface area contributed by atoms with Crippen LogP contribution in [0.4, 0.5) is 5.69 Å². The fourth-order valence-corrected chi connectivity index (χ4v) is 2.15. The molecule has 0 bridgehead atoms.